The number of hydrogen-bond acceptors (Lipinski definition) is 4. The van der Waals surface area contributed by atoms with Crippen molar-refractivity contribution in [3.05, 3.63) is 11.8 Å². The highest BCUT2D eigenvalue weighted by atomic mass is 32.2. The second-order valence-electron chi connectivity index (χ2n) is 4.76. The summed E-state index contributed by atoms with van der Waals surface area (Å²) < 4.78 is 29.5. The van der Waals surface area contributed by atoms with Crippen LogP contribution < -0.4 is 4.72 Å². The number of aromatic carboxylic acids is 1. The van der Waals surface area contributed by atoms with Gasteiger partial charge in [-0.15, -0.1) is 0 Å². The molecule has 1 aromatic heterocycles. The maximum Gasteiger partial charge on any atom is 0.341 e. The van der Waals surface area contributed by atoms with Gasteiger partial charge in [0.25, 0.3) is 0 Å². The van der Waals surface area contributed by atoms with Crippen LogP contribution in [0.3, 0.4) is 0 Å². The van der Waals surface area contributed by atoms with Gasteiger partial charge in [-0.05, 0) is 12.8 Å². The van der Waals surface area contributed by atoms with Crippen LogP contribution in [0.25, 0.3) is 0 Å². The fourth-order valence-electron chi connectivity index (χ4n) is 2.18. The number of anilines is 1. The quantitative estimate of drug-likeness (QED) is 0.849. The summed E-state index contributed by atoms with van der Waals surface area (Å²) in [4.78, 5) is 11.1. The Bertz CT molecular complexity index is 588. The highest BCUT2D eigenvalue weighted by molar-refractivity contribution is 7.90. The van der Waals surface area contributed by atoms with Gasteiger partial charge in [-0.3, -0.25) is 9.40 Å². The Morgan fingerprint density at radius 3 is 2.45 bits per heavy atom. The van der Waals surface area contributed by atoms with Gasteiger partial charge in [-0.2, -0.15) is 17.8 Å². The van der Waals surface area contributed by atoms with E-state index in [1.807, 2.05) is 0 Å². The average Bonchev–Trinajstić information content (AvgIpc) is 2.61. The molecule has 1 saturated heterocycles. The van der Waals surface area contributed by atoms with E-state index in [4.69, 9.17) is 5.11 Å². The Morgan fingerprint density at radius 2 is 1.90 bits per heavy atom. The summed E-state index contributed by atoms with van der Waals surface area (Å²) >= 11 is 0. The van der Waals surface area contributed by atoms with E-state index in [2.05, 4.69) is 9.82 Å². The Morgan fingerprint density at radius 1 is 1.30 bits per heavy atom. The van der Waals surface area contributed by atoms with Crippen molar-refractivity contribution in [2.75, 3.05) is 17.8 Å². The SMILES string of the molecule is Cn1ncc(C(=O)O)c1NS(=O)(=O)N1CCCCCC1. The van der Waals surface area contributed by atoms with Crippen LogP contribution in [-0.2, 0) is 17.3 Å². The topological polar surface area (TPSA) is 105 Å². The summed E-state index contributed by atoms with van der Waals surface area (Å²) in [5.74, 6) is -1.24. The molecular formula is C11H18N4O4S. The zero-order chi connectivity index (χ0) is 14.8. The molecule has 1 aliphatic heterocycles. The molecule has 0 aromatic carbocycles. The van der Waals surface area contributed by atoms with Crippen LogP contribution in [0.1, 0.15) is 36.0 Å². The molecular weight excluding hydrogens is 284 g/mol. The molecule has 0 unspecified atom stereocenters. The van der Waals surface area contributed by atoms with Gasteiger partial charge < -0.3 is 5.11 Å². The van der Waals surface area contributed by atoms with Crippen molar-refractivity contribution in [2.45, 2.75) is 25.7 Å². The van der Waals surface area contributed by atoms with E-state index in [0.29, 0.717) is 13.1 Å². The van der Waals surface area contributed by atoms with Crippen LogP contribution in [0.2, 0.25) is 0 Å². The lowest BCUT2D eigenvalue weighted by Gasteiger charge is -2.20. The standard InChI is InChI=1S/C11H18N4O4S/c1-14-10(9(8-12-14)11(16)17)13-20(18,19)15-6-4-2-3-5-7-15/h8,13H,2-7H2,1H3,(H,16,17). The molecule has 0 amide bonds. The van der Waals surface area contributed by atoms with Crippen LogP contribution in [0.15, 0.2) is 6.20 Å². The van der Waals surface area contributed by atoms with Crippen molar-refractivity contribution < 1.29 is 18.3 Å². The molecule has 0 radical (unpaired) electrons. The molecule has 1 aliphatic rings. The fourth-order valence-corrected chi connectivity index (χ4v) is 3.54. The summed E-state index contributed by atoms with van der Waals surface area (Å²) in [5.41, 5.74) is -0.161. The van der Waals surface area contributed by atoms with Crippen molar-refractivity contribution >= 4 is 22.0 Å². The molecule has 9 heteroatoms. The van der Waals surface area contributed by atoms with Gasteiger partial charge in [0, 0.05) is 20.1 Å². The number of aryl methyl sites for hydroxylation is 1. The number of carboxylic acid groups (broad SMARTS) is 1. The van der Waals surface area contributed by atoms with E-state index in [1.54, 1.807) is 0 Å². The van der Waals surface area contributed by atoms with E-state index in [1.165, 1.54) is 16.0 Å². The molecule has 20 heavy (non-hydrogen) atoms. The maximum atomic E-state index is 12.3. The predicted octanol–water partition coefficient (Wildman–Crippen LogP) is 0.651. The van der Waals surface area contributed by atoms with Crippen molar-refractivity contribution in [3.8, 4) is 0 Å². The average molecular weight is 302 g/mol. The molecule has 8 nitrogen and oxygen atoms in total. The molecule has 112 valence electrons. The first-order chi connectivity index (χ1) is 9.42. The number of nitrogens with one attached hydrogen (secondary N) is 1. The molecule has 2 rings (SSSR count). The van der Waals surface area contributed by atoms with Crippen molar-refractivity contribution in [1.82, 2.24) is 14.1 Å². The molecule has 1 aromatic rings. The smallest absolute Gasteiger partial charge is 0.341 e. The second-order valence-corrected chi connectivity index (χ2v) is 6.43. The Labute approximate surface area is 117 Å². The highest BCUT2D eigenvalue weighted by Crippen LogP contribution is 2.19. The van der Waals surface area contributed by atoms with Crippen LogP contribution in [0.4, 0.5) is 5.82 Å². The number of nitrogens with zero attached hydrogens (tertiary/aromatic N) is 3. The van der Waals surface area contributed by atoms with Crippen molar-refractivity contribution in [3.63, 3.8) is 0 Å². The van der Waals surface area contributed by atoms with Crippen LogP contribution in [0, 0.1) is 0 Å². The molecule has 2 N–H and O–H groups in total. The molecule has 0 bridgehead atoms. The van der Waals surface area contributed by atoms with Gasteiger partial charge in [0.15, 0.2) is 5.82 Å². The zero-order valence-corrected chi connectivity index (χ0v) is 12.1. The third kappa shape index (κ3) is 3.10. The summed E-state index contributed by atoms with van der Waals surface area (Å²) in [5, 5.41) is 12.8. The predicted molar refractivity (Wildman–Crippen MR) is 72.8 cm³/mol. The minimum absolute atomic E-state index is 0.0262. The van der Waals surface area contributed by atoms with E-state index < -0.39 is 16.2 Å². The van der Waals surface area contributed by atoms with Crippen molar-refractivity contribution in [2.24, 2.45) is 7.05 Å². The van der Waals surface area contributed by atoms with E-state index in [9.17, 15) is 13.2 Å². The number of carboxylic acids is 1. The number of rotatable bonds is 4. The van der Waals surface area contributed by atoms with E-state index in [-0.39, 0.29) is 11.4 Å². The van der Waals surface area contributed by atoms with Gasteiger partial charge in [0.2, 0.25) is 0 Å². The monoisotopic (exact) mass is 302 g/mol. The summed E-state index contributed by atoms with van der Waals surface area (Å²) in [7, 11) is -2.26. The van der Waals surface area contributed by atoms with Gasteiger partial charge >= 0.3 is 16.2 Å². The van der Waals surface area contributed by atoms with Crippen LogP contribution in [-0.4, -0.2) is 46.7 Å². The second kappa shape index (κ2) is 5.80. The first kappa shape index (κ1) is 14.8. The normalized spacial score (nSPS) is 17.6. The Kier molecular flexibility index (Phi) is 4.29. The lowest BCUT2D eigenvalue weighted by atomic mass is 10.2. The number of aromatic nitrogens is 2. The molecule has 0 atom stereocenters. The first-order valence-corrected chi connectivity index (χ1v) is 7.89. The molecule has 0 spiro atoms. The minimum atomic E-state index is -3.75. The van der Waals surface area contributed by atoms with Gasteiger partial charge in [0.1, 0.15) is 5.56 Å². The van der Waals surface area contributed by atoms with Crippen molar-refractivity contribution in [1.29, 1.82) is 0 Å². The molecule has 0 saturated carbocycles. The third-order valence-corrected chi connectivity index (χ3v) is 4.80. The summed E-state index contributed by atoms with van der Waals surface area (Å²) in [6, 6.07) is 0. The fraction of sp³-hybridized carbons (Fsp3) is 0.636. The van der Waals surface area contributed by atoms with Crippen LogP contribution in [0.5, 0.6) is 0 Å². The lowest BCUT2D eigenvalue weighted by molar-refractivity contribution is 0.0698. The van der Waals surface area contributed by atoms with E-state index >= 15 is 0 Å². The Hall–Kier alpha value is -1.61. The van der Waals surface area contributed by atoms with Gasteiger partial charge in [0.05, 0.1) is 6.20 Å². The maximum absolute atomic E-state index is 12.3. The first-order valence-electron chi connectivity index (χ1n) is 6.45. The highest BCUT2D eigenvalue weighted by Gasteiger charge is 2.26. The number of carbonyl (C=O) groups is 1. The molecule has 2 heterocycles. The van der Waals surface area contributed by atoms with Gasteiger partial charge in [-0.1, -0.05) is 12.8 Å². The zero-order valence-electron chi connectivity index (χ0n) is 11.2. The minimum Gasteiger partial charge on any atom is -0.477 e. The number of hydrogen-bond donors (Lipinski definition) is 2. The third-order valence-electron chi connectivity index (χ3n) is 3.30. The van der Waals surface area contributed by atoms with Crippen LogP contribution >= 0.6 is 0 Å². The summed E-state index contributed by atoms with van der Waals surface area (Å²) in [6.45, 7) is 0.908. The Balaban J connectivity index is 2.23. The van der Waals surface area contributed by atoms with Gasteiger partial charge in [-0.25, -0.2) is 4.79 Å². The van der Waals surface area contributed by atoms with E-state index in [0.717, 1.165) is 31.9 Å². The molecule has 0 aliphatic carbocycles. The largest absolute Gasteiger partial charge is 0.477 e. The lowest BCUT2D eigenvalue weighted by Crippen LogP contribution is -2.37. The molecule has 1 fully saturated rings. The summed E-state index contributed by atoms with van der Waals surface area (Å²) in [6.07, 6.45) is 4.79.